The zero-order valence-corrected chi connectivity index (χ0v) is 11.3. The van der Waals surface area contributed by atoms with Crippen molar-refractivity contribution in [2.45, 2.75) is 59.2 Å². The summed E-state index contributed by atoms with van der Waals surface area (Å²) in [5, 5.41) is 3.38. The normalized spacial score (nSPS) is 11.3. The molecule has 0 aliphatic heterocycles. The monoisotopic (exact) mass is 239 g/mol. The van der Waals surface area contributed by atoms with Gasteiger partial charge in [-0.1, -0.05) is 33.6 Å². The lowest BCUT2D eigenvalue weighted by Crippen LogP contribution is -2.22. The molecule has 0 aliphatic carbocycles. The molecule has 3 heteroatoms. The van der Waals surface area contributed by atoms with E-state index in [9.17, 15) is 0 Å². The number of hydrogen-bond acceptors (Lipinski definition) is 3. The van der Waals surface area contributed by atoms with E-state index in [1.165, 1.54) is 18.4 Å². The molecule has 0 aromatic carbocycles. The third kappa shape index (κ3) is 5.89. The second-order valence-electron chi connectivity index (χ2n) is 4.66. The lowest BCUT2D eigenvalue weighted by Gasteiger charge is -2.08. The first-order chi connectivity index (χ1) is 8.24. The maximum Gasteiger partial charge on any atom is 0.133 e. The Hall–Kier alpha value is -0.800. The average Bonchev–Trinajstić information content (AvgIpc) is 2.73. The molecule has 0 bridgehead atoms. The summed E-state index contributed by atoms with van der Waals surface area (Å²) in [4.78, 5) is 0. The molecule has 98 valence electrons. The van der Waals surface area contributed by atoms with Gasteiger partial charge in [0.1, 0.15) is 12.4 Å². The Balaban J connectivity index is 2.25. The molecule has 0 saturated heterocycles. The predicted molar refractivity (Wildman–Crippen MR) is 69.9 cm³/mol. The maximum atomic E-state index is 5.61. The van der Waals surface area contributed by atoms with Gasteiger partial charge in [-0.2, -0.15) is 0 Å². The fraction of sp³-hybridized carbons (Fsp3) is 0.714. The summed E-state index contributed by atoms with van der Waals surface area (Å²) in [6.45, 7) is 8.74. The first-order valence-electron chi connectivity index (χ1n) is 6.60. The number of nitrogens with one attached hydrogen (secondary N) is 1. The van der Waals surface area contributed by atoms with E-state index >= 15 is 0 Å². The quantitative estimate of drug-likeness (QED) is 0.670. The minimum atomic E-state index is 0.489. The molecule has 0 radical (unpaired) electrons. The van der Waals surface area contributed by atoms with Gasteiger partial charge in [-0.05, 0) is 12.5 Å². The van der Waals surface area contributed by atoms with Gasteiger partial charge in [0.2, 0.25) is 0 Å². The molecule has 0 unspecified atom stereocenters. The maximum absolute atomic E-state index is 5.61. The third-order valence-corrected chi connectivity index (χ3v) is 2.66. The van der Waals surface area contributed by atoms with Crippen LogP contribution in [-0.2, 0) is 17.9 Å². The van der Waals surface area contributed by atoms with Gasteiger partial charge in [0.05, 0.1) is 6.26 Å². The minimum absolute atomic E-state index is 0.489. The highest BCUT2D eigenvalue weighted by Crippen LogP contribution is 2.12. The van der Waals surface area contributed by atoms with E-state index in [1.807, 2.05) is 6.07 Å². The third-order valence-electron chi connectivity index (χ3n) is 2.66. The van der Waals surface area contributed by atoms with E-state index in [4.69, 9.17) is 9.15 Å². The lowest BCUT2D eigenvalue weighted by atomic mass is 10.2. The SMILES string of the molecule is CCCCCOCc1occc1CNC(C)C. The summed E-state index contributed by atoms with van der Waals surface area (Å²) in [6, 6.07) is 2.50. The van der Waals surface area contributed by atoms with Crippen molar-refractivity contribution in [2.75, 3.05) is 6.61 Å². The van der Waals surface area contributed by atoms with Crippen LogP contribution in [0.25, 0.3) is 0 Å². The van der Waals surface area contributed by atoms with Crippen molar-refractivity contribution in [1.82, 2.24) is 5.32 Å². The van der Waals surface area contributed by atoms with Gasteiger partial charge in [-0.15, -0.1) is 0 Å². The van der Waals surface area contributed by atoms with E-state index < -0.39 is 0 Å². The number of unbranched alkanes of at least 4 members (excludes halogenated alkanes) is 2. The summed E-state index contributed by atoms with van der Waals surface area (Å²) < 4.78 is 11.0. The van der Waals surface area contributed by atoms with Gasteiger partial charge in [0.15, 0.2) is 0 Å². The molecule has 0 spiro atoms. The first-order valence-corrected chi connectivity index (χ1v) is 6.60. The van der Waals surface area contributed by atoms with Crippen LogP contribution >= 0.6 is 0 Å². The Bertz CT molecular complexity index is 294. The van der Waals surface area contributed by atoms with E-state index in [1.54, 1.807) is 6.26 Å². The Morgan fingerprint density at radius 3 is 2.88 bits per heavy atom. The van der Waals surface area contributed by atoms with Crippen LogP contribution in [0, 0.1) is 0 Å². The second kappa shape index (κ2) is 8.31. The molecule has 17 heavy (non-hydrogen) atoms. The molecule has 1 aromatic rings. The molecule has 3 nitrogen and oxygen atoms in total. The van der Waals surface area contributed by atoms with Gasteiger partial charge < -0.3 is 14.5 Å². The summed E-state index contributed by atoms with van der Waals surface area (Å²) in [7, 11) is 0. The van der Waals surface area contributed by atoms with Gasteiger partial charge in [0, 0.05) is 24.8 Å². The predicted octanol–water partition coefficient (Wildman–Crippen LogP) is 3.48. The van der Waals surface area contributed by atoms with Crippen LogP contribution in [0.1, 0.15) is 51.4 Å². The molecule has 0 saturated carbocycles. The van der Waals surface area contributed by atoms with Gasteiger partial charge in [-0.3, -0.25) is 0 Å². The number of furan rings is 1. The molecule has 0 amide bonds. The van der Waals surface area contributed by atoms with E-state index in [0.717, 1.165) is 25.3 Å². The largest absolute Gasteiger partial charge is 0.467 e. The fourth-order valence-electron chi connectivity index (χ4n) is 1.58. The van der Waals surface area contributed by atoms with Gasteiger partial charge in [-0.25, -0.2) is 0 Å². The molecule has 1 N–H and O–H groups in total. The number of hydrogen-bond donors (Lipinski definition) is 1. The van der Waals surface area contributed by atoms with Crippen LogP contribution in [0.5, 0.6) is 0 Å². The van der Waals surface area contributed by atoms with Crippen LogP contribution in [0.4, 0.5) is 0 Å². The number of ether oxygens (including phenoxy) is 1. The molecular weight excluding hydrogens is 214 g/mol. The summed E-state index contributed by atoms with van der Waals surface area (Å²) in [5.74, 6) is 0.953. The molecule has 0 atom stereocenters. The van der Waals surface area contributed by atoms with Crippen molar-refractivity contribution in [1.29, 1.82) is 0 Å². The Morgan fingerprint density at radius 1 is 1.35 bits per heavy atom. The zero-order valence-electron chi connectivity index (χ0n) is 11.3. The van der Waals surface area contributed by atoms with Crippen LogP contribution in [0.2, 0.25) is 0 Å². The van der Waals surface area contributed by atoms with Gasteiger partial charge >= 0.3 is 0 Å². The fourth-order valence-corrected chi connectivity index (χ4v) is 1.58. The van der Waals surface area contributed by atoms with Crippen molar-refractivity contribution in [3.63, 3.8) is 0 Å². The standard InChI is InChI=1S/C14H25NO2/c1-4-5-6-8-16-11-14-13(7-9-17-14)10-15-12(2)3/h7,9,12,15H,4-6,8,10-11H2,1-3H3. The van der Waals surface area contributed by atoms with Crippen LogP contribution in [-0.4, -0.2) is 12.6 Å². The van der Waals surface area contributed by atoms with Crippen molar-refractivity contribution in [3.8, 4) is 0 Å². The molecule has 1 heterocycles. The smallest absolute Gasteiger partial charge is 0.133 e. The second-order valence-corrected chi connectivity index (χ2v) is 4.66. The van der Waals surface area contributed by atoms with Crippen molar-refractivity contribution < 1.29 is 9.15 Å². The van der Waals surface area contributed by atoms with Crippen LogP contribution in [0.3, 0.4) is 0 Å². The lowest BCUT2D eigenvalue weighted by molar-refractivity contribution is 0.102. The first kappa shape index (κ1) is 14.3. The highest BCUT2D eigenvalue weighted by Gasteiger charge is 2.06. The summed E-state index contributed by atoms with van der Waals surface area (Å²) >= 11 is 0. The van der Waals surface area contributed by atoms with Crippen LogP contribution < -0.4 is 5.32 Å². The molecule has 1 aromatic heterocycles. The van der Waals surface area contributed by atoms with E-state index in [2.05, 4.69) is 26.1 Å². The molecule has 0 fully saturated rings. The van der Waals surface area contributed by atoms with E-state index in [0.29, 0.717) is 12.6 Å². The van der Waals surface area contributed by atoms with E-state index in [-0.39, 0.29) is 0 Å². The molecular formula is C14H25NO2. The summed E-state index contributed by atoms with van der Waals surface area (Å²) in [5.41, 5.74) is 1.20. The minimum Gasteiger partial charge on any atom is -0.467 e. The van der Waals surface area contributed by atoms with Crippen molar-refractivity contribution >= 4 is 0 Å². The average molecular weight is 239 g/mol. The zero-order chi connectivity index (χ0) is 12.5. The van der Waals surface area contributed by atoms with Crippen molar-refractivity contribution in [2.24, 2.45) is 0 Å². The highest BCUT2D eigenvalue weighted by molar-refractivity contribution is 5.16. The highest BCUT2D eigenvalue weighted by atomic mass is 16.5. The molecule has 1 rings (SSSR count). The Labute approximate surface area is 105 Å². The van der Waals surface area contributed by atoms with Gasteiger partial charge in [0.25, 0.3) is 0 Å². The van der Waals surface area contributed by atoms with Crippen LogP contribution in [0.15, 0.2) is 16.7 Å². The topological polar surface area (TPSA) is 34.4 Å². The Kier molecular flexibility index (Phi) is 6.97. The summed E-state index contributed by atoms with van der Waals surface area (Å²) in [6.07, 6.45) is 5.34. The number of rotatable bonds is 9. The van der Waals surface area contributed by atoms with Crippen molar-refractivity contribution in [3.05, 3.63) is 23.7 Å². The Morgan fingerprint density at radius 2 is 2.18 bits per heavy atom. The molecule has 0 aliphatic rings.